The number of amides is 1. The van der Waals surface area contributed by atoms with Crippen molar-refractivity contribution >= 4 is 38.3 Å². The highest BCUT2D eigenvalue weighted by molar-refractivity contribution is 7.89. The summed E-state index contributed by atoms with van der Waals surface area (Å²) in [4.78, 5) is 19.8. The van der Waals surface area contributed by atoms with Gasteiger partial charge in [0.05, 0.1) is 9.77 Å². The third kappa shape index (κ3) is 7.81. The fourth-order valence-electron chi connectivity index (χ4n) is 3.86. The van der Waals surface area contributed by atoms with E-state index in [4.69, 9.17) is 10.5 Å². The normalized spacial score (nSPS) is 17.7. The highest BCUT2D eigenvalue weighted by atomic mass is 32.2. The van der Waals surface area contributed by atoms with Crippen LogP contribution in [-0.4, -0.2) is 49.8 Å². The Hall–Kier alpha value is -2.37. The van der Waals surface area contributed by atoms with Crippen LogP contribution in [0.25, 0.3) is 10.4 Å². The summed E-state index contributed by atoms with van der Waals surface area (Å²) in [6.07, 6.45) is 3.83. The van der Waals surface area contributed by atoms with Crippen molar-refractivity contribution < 1.29 is 17.9 Å². The second-order valence-corrected chi connectivity index (χ2v) is 13.5. The molecule has 1 aromatic carbocycles. The fourth-order valence-corrected chi connectivity index (χ4v) is 6.61. The van der Waals surface area contributed by atoms with Crippen LogP contribution < -0.4 is 20.7 Å². The van der Waals surface area contributed by atoms with Gasteiger partial charge in [0.25, 0.3) is 0 Å². The number of benzene rings is 1. The number of carbonyl (C=O) groups is 1. The monoisotopic (exact) mass is 523 g/mol. The number of nitrogens with one attached hydrogen (secondary N) is 2. The molecule has 2 heterocycles. The molecule has 1 unspecified atom stereocenters. The Kier molecular flexibility index (Phi) is 8.02. The van der Waals surface area contributed by atoms with Gasteiger partial charge in [-0.1, -0.05) is 17.4 Å². The Morgan fingerprint density at radius 2 is 1.89 bits per heavy atom. The van der Waals surface area contributed by atoms with Crippen molar-refractivity contribution in [2.75, 3.05) is 23.7 Å². The predicted molar refractivity (Wildman–Crippen MR) is 141 cm³/mol. The molecule has 4 N–H and O–H groups in total. The molecule has 3 rings (SSSR count). The quantitative estimate of drug-likeness (QED) is 0.497. The minimum Gasteiger partial charge on any atom is -0.444 e. The van der Waals surface area contributed by atoms with Gasteiger partial charge in [-0.25, -0.2) is 22.9 Å². The first-order chi connectivity index (χ1) is 16.1. The summed E-state index contributed by atoms with van der Waals surface area (Å²) >= 11 is 1.45. The average Bonchev–Trinajstić information content (AvgIpc) is 3.05. The van der Waals surface area contributed by atoms with Crippen LogP contribution in [0.1, 0.15) is 60.8 Å². The molecule has 2 aromatic rings. The highest BCUT2D eigenvalue weighted by Crippen LogP contribution is 2.36. The highest BCUT2D eigenvalue weighted by Gasteiger charge is 2.27. The van der Waals surface area contributed by atoms with E-state index in [0.29, 0.717) is 11.3 Å². The first kappa shape index (κ1) is 27.2. The van der Waals surface area contributed by atoms with Gasteiger partial charge in [-0.05, 0) is 72.9 Å². The summed E-state index contributed by atoms with van der Waals surface area (Å²) in [7, 11) is -3.79. The molecule has 0 bridgehead atoms. The number of nitrogen functional groups attached to an aromatic ring is 1. The van der Waals surface area contributed by atoms with Crippen LogP contribution in [0.2, 0.25) is 0 Å². The van der Waals surface area contributed by atoms with Gasteiger partial charge >= 0.3 is 6.09 Å². The number of aromatic nitrogens is 1. The van der Waals surface area contributed by atoms with Crippen molar-refractivity contribution in [2.24, 2.45) is 0 Å². The Morgan fingerprint density at radius 1 is 1.17 bits per heavy atom. The maximum atomic E-state index is 13.1. The maximum Gasteiger partial charge on any atom is 0.407 e. The molecule has 0 saturated carbocycles. The van der Waals surface area contributed by atoms with E-state index in [2.05, 4.69) is 19.9 Å². The molecule has 1 aliphatic heterocycles. The largest absolute Gasteiger partial charge is 0.444 e. The van der Waals surface area contributed by atoms with E-state index in [1.807, 2.05) is 20.8 Å². The van der Waals surface area contributed by atoms with Gasteiger partial charge in [0.15, 0.2) is 5.13 Å². The van der Waals surface area contributed by atoms with Crippen LogP contribution >= 0.6 is 11.3 Å². The van der Waals surface area contributed by atoms with Gasteiger partial charge in [0, 0.05) is 42.1 Å². The molecule has 0 spiro atoms. The lowest BCUT2D eigenvalue weighted by atomic mass is 10.1. The lowest BCUT2D eigenvalue weighted by Crippen LogP contribution is -2.40. The van der Waals surface area contributed by atoms with E-state index in [1.165, 1.54) is 17.4 Å². The minimum atomic E-state index is -3.79. The fraction of sp³-hybridized carbons (Fsp3) is 0.583. The number of alkyl carbamates (subject to hydrolysis) is 1. The van der Waals surface area contributed by atoms with Crippen molar-refractivity contribution in [3.05, 3.63) is 24.4 Å². The summed E-state index contributed by atoms with van der Waals surface area (Å²) in [5, 5.41) is 3.80. The number of carbonyl (C=O) groups excluding carboxylic acids is 1. The average molecular weight is 524 g/mol. The van der Waals surface area contributed by atoms with Crippen LogP contribution in [0.15, 0.2) is 29.3 Å². The van der Waals surface area contributed by atoms with E-state index in [9.17, 15) is 13.2 Å². The predicted octanol–water partition coefficient (Wildman–Crippen LogP) is 4.35. The number of rotatable bonds is 5. The molecule has 9 nitrogen and oxygen atoms in total. The molecule has 11 heteroatoms. The van der Waals surface area contributed by atoms with E-state index < -0.39 is 27.3 Å². The third-order valence-electron chi connectivity index (χ3n) is 5.21. The van der Waals surface area contributed by atoms with E-state index >= 15 is 0 Å². The molecular weight excluding hydrogens is 486 g/mol. The van der Waals surface area contributed by atoms with E-state index in [-0.39, 0.29) is 10.9 Å². The zero-order chi connectivity index (χ0) is 26.0. The zero-order valence-electron chi connectivity index (χ0n) is 21.3. The molecular formula is C24H37N5O4S2. The molecule has 1 fully saturated rings. The summed E-state index contributed by atoms with van der Waals surface area (Å²) in [5.74, 6) is 0. The number of ether oxygens (including phenoxy) is 1. The van der Waals surface area contributed by atoms with Crippen LogP contribution in [-0.2, 0) is 14.8 Å². The number of nitrogens with two attached hydrogens (primary N) is 1. The number of sulfonamides is 1. The molecule has 35 heavy (non-hydrogen) atoms. The first-order valence-corrected chi connectivity index (χ1v) is 14.1. The molecule has 1 atom stereocenters. The van der Waals surface area contributed by atoms with Crippen molar-refractivity contribution in [3.8, 4) is 10.4 Å². The Bertz CT molecular complexity index is 1150. The number of hydrogen-bond donors (Lipinski definition) is 3. The van der Waals surface area contributed by atoms with Crippen molar-refractivity contribution in [1.29, 1.82) is 0 Å². The van der Waals surface area contributed by atoms with Gasteiger partial charge in [-0.3, -0.25) is 0 Å². The zero-order valence-corrected chi connectivity index (χ0v) is 23.0. The summed E-state index contributed by atoms with van der Waals surface area (Å²) in [5.41, 5.74) is 5.72. The Labute approximate surface area is 212 Å². The summed E-state index contributed by atoms with van der Waals surface area (Å²) < 4.78 is 34.3. The third-order valence-corrected chi connectivity index (χ3v) is 8.10. The molecule has 194 valence electrons. The number of hydrogen-bond acceptors (Lipinski definition) is 8. The molecule has 1 aliphatic rings. The molecule has 1 amide bonds. The Balaban J connectivity index is 1.76. The smallest absolute Gasteiger partial charge is 0.407 e. The molecule has 1 aromatic heterocycles. The molecule has 0 radical (unpaired) electrons. The summed E-state index contributed by atoms with van der Waals surface area (Å²) in [6, 6.07) is 4.95. The van der Waals surface area contributed by atoms with Gasteiger partial charge in [0.1, 0.15) is 5.60 Å². The lowest BCUT2D eigenvalue weighted by molar-refractivity contribution is 0.0501. The topological polar surface area (TPSA) is 127 Å². The van der Waals surface area contributed by atoms with Crippen molar-refractivity contribution in [3.63, 3.8) is 0 Å². The van der Waals surface area contributed by atoms with Crippen LogP contribution in [0, 0.1) is 0 Å². The number of thiazole rings is 1. The van der Waals surface area contributed by atoms with Crippen LogP contribution in [0.5, 0.6) is 0 Å². The lowest BCUT2D eigenvalue weighted by Gasteiger charge is -2.23. The molecule has 0 aliphatic carbocycles. The SMILES string of the molecule is CC(C)(C)NS(=O)(=O)c1cc(N)ccc1-c1cnc(N2CCCC(NC(=O)OC(C)(C)C)CC2)s1. The number of nitrogens with zero attached hydrogens (tertiary/aromatic N) is 2. The van der Waals surface area contributed by atoms with Gasteiger partial charge < -0.3 is 20.7 Å². The maximum absolute atomic E-state index is 13.1. The number of anilines is 2. The van der Waals surface area contributed by atoms with Crippen LogP contribution in [0.4, 0.5) is 15.6 Å². The van der Waals surface area contributed by atoms with Gasteiger partial charge in [-0.15, -0.1) is 0 Å². The van der Waals surface area contributed by atoms with Crippen LogP contribution in [0.3, 0.4) is 0 Å². The van der Waals surface area contributed by atoms with E-state index in [0.717, 1.165) is 42.4 Å². The Morgan fingerprint density at radius 3 is 2.54 bits per heavy atom. The van der Waals surface area contributed by atoms with Gasteiger partial charge in [-0.2, -0.15) is 0 Å². The first-order valence-electron chi connectivity index (χ1n) is 11.8. The second-order valence-electron chi connectivity index (χ2n) is 10.9. The van der Waals surface area contributed by atoms with Crippen molar-refractivity contribution in [2.45, 2.75) is 82.9 Å². The van der Waals surface area contributed by atoms with Crippen molar-refractivity contribution in [1.82, 2.24) is 15.0 Å². The summed E-state index contributed by atoms with van der Waals surface area (Å²) in [6.45, 7) is 12.5. The standard InChI is InChI=1S/C24H37N5O4S2/c1-23(2,3)28-35(31,32)20-14-16(25)9-10-18(20)19-15-26-21(34-19)29-12-7-8-17(11-13-29)27-22(30)33-24(4,5)6/h9-10,14-15,17,28H,7-8,11-13,25H2,1-6H3,(H,27,30). The van der Waals surface area contributed by atoms with Gasteiger partial charge in [0.2, 0.25) is 10.0 Å². The molecule has 1 saturated heterocycles. The second kappa shape index (κ2) is 10.3. The van der Waals surface area contributed by atoms with E-state index in [1.54, 1.807) is 39.1 Å². The minimum absolute atomic E-state index is 0.0339.